The second-order valence-corrected chi connectivity index (χ2v) is 6.87. The van der Waals surface area contributed by atoms with E-state index in [1.807, 2.05) is 0 Å². The Hall–Kier alpha value is -1.14. The Morgan fingerprint density at radius 3 is 2.79 bits per heavy atom. The molecule has 0 radical (unpaired) electrons. The fourth-order valence-electron chi connectivity index (χ4n) is 2.55. The van der Waals surface area contributed by atoms with E-state index < -0.39 is 10.0 Å². The van der Waals surface area contributed by atoms with Crippen LogP contribution in [0.3, 0.4) is 0 Å². The normalized spacial score (nSPS) is 24.9. The molecule has 1 heterocycles. The van der Waals surface area contributed by atoms with E-state index in [-0.39, 0.29) is 16.8 Å². The first-order valence-corrected chi connectivity index (χ1v) is 8.22. The van der Waals surface area contributed by atoms with Crippen LogP contribution >= 0.6 is 0 Å². The van der Waals surface area contributed by atoms with Crippen LogP contribution in [-0.4, -0.2) is 19.4 Å². The third-order valence-corrected chi connectivity index (χ3v) is 5.19. The zero-order valence-electron chi connectivity index (χ0n) is 11.2. The molecule has 5 nitrogen and oxygen atoms in total. The molecule has 0 spiro atoms. The lowest BCUT2D eigenvalue weighted by atomic mass is 9.98. The lowest BCUT2D eigenvalue weighted by molar-refractivity contribution is 0.399. The highest BCUT2D eigenvalue weighted by Gasteiger charge is 2.27. The standard InChI is InChI=1S/C13H21N3O2S/c1-10-6-3-2-4-8-12(10)16-19(17,18)13-11(14)7-5-9-15-13/h5,7,9-10,12,16H,2-4,6,8,14H2,1H3. The molecule has 1 fully saturated rings. The van der Waals surface area contributed by atoms with Gasteiger partial charge in [-0.2, -0.15) is 0 Å². The number of nitrogen functional groups attached to an aromatic ring is 1. The van der Waals surface area contributed by atoms with Crippen LogP contribution in [-0.2, 0) is 10.0 Å². The number of anilines is 1. The molecule has 1 aliphatic carbocycles. The van der Waals surface area contributed by atoms with Crippen molar-refractivity contribution in [1.82, 2.24) is 9.71 Å². The first-order valence-electron chi connectivity index (χ1n) is 6.73. The largest absolute Gasteiger partial charge is 0.396 e. The van der Waals surface area contributed by atoms with E-state index in [9.17, 15) is 8.42 Å². The summed E-state index contributed by atoms with van der Waals surface area (Å²) in [5, 5.41) is -0.0635. The maximum absolute atomic E-state index is 12.3. The summed E-state index contributed by atoms with van der Waals surface area (Å²) in [6.07, 6.45) is 6.80. The van der Waals surface area contributed by atoms with Crippen molar-refractivity contribution in [2.45, 2.75) is 50.1 Å². The number of sulfonamides is 1. The van der Waals surface area contributed by atoms with Crippen LogP contribution in [0.4, 0.5) is 5.69 Å². The van der Waals surface area contributed by atoms with Crippen molar-refractivity contribution in [3.8, 4) is 0 Å². The Balaban J connectivity index is 2.19. The molecule has 0 aliphatic heterocycles. The summed E-state index contributed by atoms with van der Waals surface area (Å²) < 4.78 is 27.4. The van der Waals surface area contributed by atoms with Crippen LogP contribution in [0, 0.1) is 5.92 Å². The molecule has 0 aromatic carbocycles. The minimum atomic E-state index is -3.63. The molecule has 1 aliphatic rings. The van der Waals surface area contributed by atoms with Gasteiger partial charge in [0.25, 0.3) is 10.0 Å². The molecule has 2 rings (SSSR count). The average molecular weight is 283 g/mol. The molecule has 0 amide bonds. The van der Waals surface area contributed by atoms with Crippen molar-refractivity contribution < 1.29 is 8.42 Å². The van der Waals surface area contributed by atoms with E-state index >= 15 is 0 Å². The zero-order valence-corrected chi connectivity index (χ0v) is 12.0. The lowest BCUT2D eigenvalue weighted by Gasteiger charge is -2.22. The topological polar surface area (TPSA) is 85.1 Å². The average Bonchev–Trinajstić information content (AvgIpc) is 2.55. The predicted molar refractivity (Wildman–Crippen MR) is 75.0 cm³/mol. The summed E-state index contributed by atoms with van der Waals surface area (Å²) >= 11 is 0. The van der Waals surface area contributed by atoms with E-state index in [2.05, 4.69) is 16.6 Å². The molecule has 0 saturated heterocycles. The summed E-state index contributed by atoms with van der Waals surface area (Å²) in [7, 11) is -3.63. The Kier molecular flexibility index (Phi) is 4.42. The maximum Gasteiger partial charge on any atom is 0.260 e. The minimum absolute atomic E-state index is 0.0195. The van der Waals surface area contributed by atoms with Crippen LogP contribution < -0.4 is 10.5 Å². The van der Waals surface area contributed by atoms with Gasteiger partial charge in [-0.15, -0.1) is 0 Å². The monoisotopic (exact) mass is 283 g/mol. The Labute approximate surface area is 114 Å². The number of pyridine rings is 1. The summed E-state index contributed by atoms with van der Waals surface area (Å²) in [4.78, 5) is 3.89. The van der Waals surface area contributed by atoms with Gasteiger partial charge in [-0.1, -0.05) is 26.2 Å². The predicted octanol–water partition coefficient (Wildman–Crippen LogP) is 1.91. The molecule has 19 heavy (non-hydrogen) atoms. The fraction of sp³-hybridized carbons (Fsp3) is 0.615. The fourth-order valence-corrected chi connectivity index (χ4v) is 3.99. The first kappa shape index (κ1) is 14.3. The van der Waals surface area contributed by atoms with Gasteiger partial charge in [-0.3, -0.25) is 0 Å². The highest BCUT2D eigenvalue weighted by atomic mass is 32.2. The molecule has 2 atom stereocenters. The minimum Gasteiger partial charge on any atom is -0.396 e. The zero-order chi connectivity index (χ0) is 13.9. The second kappa shape index (κ2) is 5.88. The molecule has 3 N–H and O–H groups in total. The van der Waals surface area contributed by atoms with Crippen LogP contribution in [0.5, 0.6) is 0 Å². The number of rotatable bonds is 3. The van der Waals surface area contributed by atoms with Gasteiger partial charge < -0.3 is 5.73 Å². The van der Waals surface area contributed by atoms with Crippen LogP contribution in [0.15, 0.2) is 23.4 Å². The molecule has 1 saturated carbocycles. The van der Waals surface area contributed by atoms with E-state index in [0.717, 1.165) is 19.3 Å². The summed E-state index contributed by atoms with van der Waals surface area (Å²) in [6.45, 7) is 2.10. The van der Waals surface area contributed by atoms with E-state index in [4.69, 9.17) is 5.73 Å². The second-order valence-electron chi connectivity index (χ2n) is 5.24. The molecule has 1 aromatic heterocycles. The van der Waals surface area contributed by atoms with Gasteiger partial charge in [-0.25, -0.2) is 18.1 Å². The molecule has 1 aromatic rings. The van der Waals surface area contributed by atoms with Gasteiger partial charge in [0.05, 0.1) is 5.69 Å². The van der Waals surface area contributed by atoms with Crippen molar-refractivity contribution in [2.75, 3.05) is 5.73 Å². The van der Waals surface area contributed by atoms with Crippen molar-refractivity contribution in [2.24, 2.45) is 5.92 Å². The smallest absolute Gasteiger partial charge is 0.260 e. The lowest BCUT2D eigenvalue weighted by Crippen LogP contribution is -2.39. The Bertz CT molecular complexity index is 530. The quantitative estimate of drug-likeness (QED) is 0.830. The number of nitrogens with zero attached hydrogens (tertiary/aromatic N) is 1. The maximum atomic E-state index is 12.3. The van der Waals surface area contributed by atoms with Gasteiger partial charge in [0.2, 0.25) is 0 Å². The van der Waals surface area contributed by atoms with Crippen molar-refractivity contribution in [3.63, 3.8) is 0 Å². The number of nitrogens with two attached hydrogens (primary N) is 1. The third-order valence-electron chi connectivity index (χ3n) is 3.72. The molecule has 0 bridgehead atoms. The van der Waals surface area contributed by atoms with E-state index in [1.54, 1.807) is 12.1 Å². The van der Waals surface area contributed by atoms with E-state index in [0.29, 0.717) is 5.92 Å². The molecule has 106 valence electrons. The van der Waals surface area contributed by atoms with Crippen LogP contribution in [0.1, 0.15) is 39.0 Å². The molecular weight excluding hydrogens is 262 g/mol. The van der Waals surface area contributed by atoms with Gasteiger partial charge in [0.15, 0.2) is 5.03 Å². The van der Waals surface area contributed by atoms with Crippen molar-refractivity contribution >= 4 is 15.7 Å². The van der Waals surface area contributed by atoms with Crippen LogP contribution in [0.25, 0.3) is 0 Å². The highest BCUT2D eigenvalue weighted by Crippen LogP contribution is 2.25. The van der Waals surface area contributed by atoms with Gasteiger partial charge in [0.1, 0.15) is 0 Å². The number of hydrogen-bond donors (Lipinski definition) is 2. The summed E-state index contributed by atoms with van der Waals surface area (Å²) in [5.74, 6) is 0.349. The van der Waals surface area contributed by atoms with E-state index in [1.165, 1.54) is 19.0 Å². The molecule has 6 heteroatoms. The van der Waals surface area contributed by atoms with Crippen molar-refractivity contribution in [3.05, 3.63) is 18.3 Å². The summed E-state index contributed by atoms with van der Waals surface area (Å²) in [6, 6.07) is 3.16. The SMILES string of the molecule is CC1CCCCCC1NS(=O)(=O)c1ncccc1N. The van der Waals surface area contributed by atoms with Gasteiger partial charge in [0, 0.05) is 12.2 Å². The number of nitrogens with one attached hydrogen (secondary N) is 1. The Morgan fingerprint density at radius 2 is 2.05 bits per heavy atom. The number of aromatic nitrogens is 1. The van der Waals surface area contributed by atoms with Crippen LogP contribution in [0.2, 0.25) is 0 Å². The first-order chi connectivity index (χ1) is 9.00. The summed E-state index contributed by atoms with van der Waals surface area (Å²) in [5.41, 5.74) is 5.89. The molecular formula is C13H21N3O2S. The highest BCUT2D eigenvalue weighted by molar-refractivity contribution is 7.89. The number of hydrogen-bond acceptors (Lipinski definition) is 4. The van der Waals surface area contributed by atoms with Gasteiger partial charge in [-0.05, 0) is 30.9 Å². The van der Waals surface area contributed by atoms with Gasteiger partial charge >= 0.3 is 0 Å². The molecule has 2 unspecified atom stereocenters. The Morgan fingerprint density at radius 1 is 1.32 bits per heavy atom. The van der Waals surface area contributed by atoms with Crippen molar-refractivity contribution in [1.29, 1.82) is 0 Å². The third kappa shape index (κ3) is 3.45.